The van der Waals surface area contributed by atoms with E-state index in [1.54, 1.807) is 25.7 Å². The molecule has 2 fully saturated rings. The van der Waals surface area contributed by atoms with Crippen molar-refractivity contribution >= 4 is 12.0 Å². The molecule has 2 amide bonds. The average molecular weight is 284 g/mol. The minimum atomic E-state index is -1.02. The van der Waals surface area contributed by atoms with Crippen LogP contribution in [0.1, 0.15) is 46.5 Å². The van der Waals surface area contributed by atoms with E-state index in [0.717, 1.165) is 12.8 Å². The highest BCUT2D eigenvalue weighted by Gasteiger charge is 2.44. The lowest BCUT2D eigenvalue weighted by Crippen LogP contribution is -2.57. The molecule has 20 heavy (non-hydrogen) atoms. The van der Waals surface area contributed by atoms with Crippen LogP contribution < -0.4 is 5.32 Å². The SMILES string of the molecule is CC(C)(C)C(NC(=O)N1C2CCC1CC(O)C2)C(=O)O. The molecule has 3 unspecified atom stereocenters. The molecule has 114 valence electrons. The topological polar surface area (TPSA) is 89.9 Å². The Morgan fingerprint density at radius 1 is 1.20 bits per heavy atom. The number of rotatable bonds is 2. The van der Waals surface area contributed by atoms with Crippen LogP contribution in [0.3, 0.4) is 0 Å². The summed E-state index contributed by atoms with van der Waals surface area (Å²) in [5, 5.41) is 21.7. The number of carbonyl (C=O) groups excluding carboxylic acids is 1. The number of aliphatic hydroxyl groups is 1. The zero-order valence-electron chi connectivity index (χ0n) is 12.3. The van der Waals surface area contributed by atoms with Gasteiger partial charge in [0.05, 0.1) is 6.10 Å². The number of amides is 2. The van der Waals surface area contributed by atoms with Crippen LogP contribution in [0.25, 0.3) is 0 Å². The summed E-state index contributed by atoms with van der Waals surface area (Å²) in [5.41, 5.74) is -0.546. The summed E-state index contributed by atoms with van der Waals surface area (Å²) < 4.78 is 0. The normalized spacial score (nSPS) is 31.0. The van der Waals surface area contributed by atoms with Crippen molar-refractivity contribution in [2.45, 2.75) is 70.7 Å². The van der Waals surface area contributed by atoms with Crippen LogP contribution in [0.5, 0.6) is 0 Å². The summed E-state index contributed by atoms with van der Waals surface area (Å²) in [6.07, 6.45) is 2.63. The van der Waals surface area contributed by atoms with Gasteiger partial charge < -0.3 is 20.4 Å². The summed E-state index contributed by atoms with van der Waals surface area (Å²) in [6.45, 7) is 5.38. The number of hydrogen-bond acceptors (Lipinski definition) is 3. The number of carbonyl (C=O) groups is 2. The number of fused-ring (bicyclic) bond motifs is 2. The van der Waals surface area contributed by atoms with Crippen molar-refractivity contribution in [1.29, 1.82) is 0 Å². The van der Waals surface area contributed by atoms with E-state index < -0.39 is 17.4 Å². The lowest BCUT2D eigenvalue weighted by molar-refractivity contribution is -0.142. The monoisotopic (exact) mass is 284 g/mol. The molecule has 0 saturated carbocycles. The number of nitrogens with zero attached hydrogens (tertiary/aromatic N) is 1. The van der Waals surface area contributed by atoms with Crippen LogP contribution in [-0.4, -0.2) is 51.3 Å². The molecule has 2 aliphatic rings. The highest BCUT2D eigenvalue weighted by atomic mass is 16.4. The Morgan fingerprint density at radius 2 is 1.70 bits per heavy atom. The smallest absolute Gasteiger partial charge is 0.326 e. The number of hydrogen-bond donors (Lipinski definition) is 3. The third kappa shape index (κ3) is 2.90. The second-order valence-electron chi connectivity index (χ2n) is 7.00. The van der Waals surface area contributed by atoms with E-state index >= 15 is 0 Å². The first-order valence-corrected chi connectivity index (χ1v) is 7.20. The lowest BCUT2D eigenvalue weighted by atomic mass is 9.87. The molecule has 0 aliphatic carbocycles. The molecule has 6 nitrogen and oxygen atoms in total. The van der Waals surface area contributed by atoms with Crippen molar-refractivity contribution in [2.24, 2.45) is 5.41 Å². The first kappa shape index (κ1) is 15.1. The van der Waals surface area contributed by atoms with Crippen molar-refractivity contribution < 1.29 is 19.8 Å². The summed E-state index contributed by atoms with van der Waals surface area (Å²) in [6, 6.07) is -1.15. The maximum atomic E-state index is 12.4. The Hall–Kier alpha value is -1.30. The number of aliphatic carboxylic acids is 1. The molecule has 3 atom stereocenters. The number of carboxylic acid groups (broad SMARTS) is 1. The molecule has 0 aromatic heterocycles. The molecule has 6 heteroatoms. The molecule has 2 heterocycles. The molecule has 0 aromatic rings. The minimum Gasteiger partial charge on any atom is -0.480 e. The van der Waals surface area contributed by atoms with Gasteiger partial charge >= 0.3 is 12.0 Å². The molecule has 0 aromatic carbocycles. The van der Waals surface area contributed by atoms with Gasteiger partial charge in [-0.25, -0.2) is 9.59 Å². The molecule has 2 rings (SSSR count). The fourth-order valence-electron chi connectivity index (χ4n) is 3.33. The molecule has 2 aliphatic heterocycles. The second-order valence-corrected chi connectivity index (χ2v) is 7.00. The van der Waals surface area contributed by atoms with Crippen molar-refractivity contribution in [3.63, 3.8) is 0 Å². The predicted octanol–water partition coefficient (Wildman–Crippen LogP) is 1.18. The number of aliphatic hydroxyl groups excluding tert-OH is 1. The van der Waals surface area contributed by atoms with E-state index in [4.69, 9.17) is 0 Å². The van der Waals surface area contributed by atoms with E-state index in [9.17, 15) is 19.8 Å². The Kier molecular flexibility index (Phi) is 3.95. The van der Waals surface area contributed by atoms with Crippen LogP contribution >= 0.6 is 0 Å². The van der Waals surface area contributed by atoms with E-state index in [0.29, 0.717) is 12.8 Å². The van der Waals surface area contributed by atoms with Gasteiger partial charge in [-0.1, -0.05) is 20.8 Å². The van der Waals surface area contributed by atoms with Gasteiger partial charge in [0.2, 0.25) is 0 Å². The number of nitrogens with one attached hydrogen (secondary N) is 1. The first-order chi connectivity index (χ1) is 9.20. The van der Waals surface area contributed by atoms with Gasteiger partial charge in [0.25, 0.3) is 0 Å². The molecule has 2 bridgehead atoms. The first-order valence-electron chi connectivity index (χ1n) is 7.20. The fraction of sp³-hybridized carbons (Fsp3) is 0.857. The largest absolute Gasteiger partial charge is 0.480 e. The number of piperidine rings is 1. The van der Waals surface area contributed by atoms with Crippen LogP contribution in [-0.2, 0) is 4.79 Å². The molecular weight excluding hydrogens is 260 g/mol. The summed E-state index contributed by atoms with van der Waals surface area (Å²) in [7, 11) is 0. The highest BCUT2D eigenvalue weighted by molar-refractivity contribution is 5.83. The Morgan fingerprint density at radius 3 is 2.10 bits per heavy atom. The number of urea groups is 1. The third-order valence-electron chi connectivity index (χ3n) is 4.32. The van der Waals surface area contributed by atoms with Crippen LogP contribution in [0.2, 0.25) is 0 Å². The van der Waals surface area contributed by atoms with E-state index in [1.165, 1.54) is 0 Å². The molecular formula is C14H24N2O4. The van der Waals surface area contributed by atoms with Gasteiger partial charge in [0.15, 0.2) is 0 Å². The Labute approximate surface area is 119 Å². The van der Waals surface area contributed by atoms with Crippen molar-refractivity contribution in [1.82, 2.24) is 10.2 Å². The van der Waals surface area contributed by atoms with Gasteiger partial charge in [-0.3, -0.25) is 0 Å². The van der Waals surface area contributed by atoms with E-state index in [1.807, 2.05) is 0 Å². The fourth-order valence-corrected chi connectivity index (χ4v) is 3.33. The van der Waals surface area contributed by atoms with E-state index in [2.05, 4.69) is 5.32 Å². The van der Waals surface area contributed by atoms with Gasteiger partial charge in [0.1, 0.15) is 6.04 Å². The molecule has 2 saturated heterocycles. The van der Waals surface area contributed by atoms with Crippen molar-refractivity contribution in [3.8, 4) is 0 Å². The lowest BCUT2D eigenvalue weighted by Gasteiger charge is -2.39. The Bertz CT molecular complexity index is 390. The maximum absolute atomic E-state index is 12.4. The van der Waals surface area contributed by atoms with Gasteiger partial charge in [-0.2, -0.15) is 0 Å². The summed E-state index contributed by atoms with van der Waals surface area (Å²) in [5.74, 6) is -1.02. The van der Waals surface area contributed by atoms with Crippen LogP contribution in [0.15, 0.2) is 0 Å². The summed E-state index contributed by atoms with van der Waals surface area (Å²) in [4.78, 5) is 25.5. The predicted molar refractivity (Wildman–Crippen MR) is 73.3 cm³/mol. The standard InChI is InChI=1S/C14H24N2O4/c1-14(2,3)11(12(18)19)15-13(20)16-8-4-5-9(16)7-10(17)6-8/h8-11,17H,4-7H2,1-3H3,(H,15,20)(H,18,19). The van der Waals surface area contributed by atoms with Gasteiger partial charge in [-0.05, 0) is 31.1 Å². The van der Waals surface area contributed by atoms with Gasteiger partial charge in [-0.15, -0.1) is 0 Å². The van der Waals surface area contributed by atoms with Crippen LogP contribution in [0.4, 0.5) is 4.79 Å². The number of carboxylic acids is 1. The van der Waals surface area contributed by atoms with E-state index in [-0.39, 0.29) is 24.2 Å². The zero-order valence-corrected chi connectivity index (χ0v) is 12.3. The molecule has 0 radical (unpaired) electrons. The average Bonchev–Trinajstić information content (AvgIpc) is 2.56. The van der Waals surface area contributed by atoms with Crippen molar-refractivity contribution in [3.05, 3.63) is 0 Å². The molecule has 0 spiro atoms. The highest BCUT2D eigenvalue weighted by Crippen LogP contribution is 2.36. The minimum absolute atomic E-state index is 0.0400. The quantitative estimate of drug-likeness (QED) is 0.710. The van der Waals surface area contributed by atoms with Crippen molar-refractivity contribution in [2.75, 3.05) is 0 Å². The maximum Gasteiger partial charge on any atom is 0.326 e. The van der Waals surface area contributed by atoms with Gasteiger partial charge in [0, 0.05) is 12.1 Å². The third-order valence-corrected chi connectivity index (χ3v) is 4.32. The second kappa shape index (κ2) is 5.24. The summed E-state index contributed by atoms with van der Waals surface area (Å²) >= 11 is 0. The Balaban J connectivity index is 2.07. The van der Waals surface area contributed by atoms with Crippen LogP contribution in [0, 0.1) is 5.41 Å². The molecule has 3 N–H and O–H groups in total. The zero-order chi connectivity index (χ0) is 15.1.